The first kappa shape index (κ1) is 17.3. The van der Waals surface area contributed by atoms with E-state index >= 15 is 0 Å². The normalized spacial score (nSPS) is 10.6. The number of amides is 1. The maximum atomic E-state index is 12.5. The molecule has 3 heterocycles. The number of carbonyl (C=O) groups excluding carboxylic acids is 1. The molecule has 3 N–H and O–H groups in total. The molecule has 0 atom stereocenters. The van der Waals surface area contributed by atoms with Crippen molar-refractivity contribution < 1.29 is 13.9 Å². The fourth-order valence-electron chi connectivity index (χ4n) is 2.33. The zero-order valence-electron chi connectivity index (χ0n) is 14.6. The average Bonchev–Trinajstić information content (AvgIpc) is 3.16. The molecule has 9 nitrogen and oxygen atoms in total. The molecule has 0 bridgehead atoms. The van der Waals surface area contributed by atoms with Crippen LogP contribution in [0.1, 0.15) is 27.4 Å². The summed E-state index contributed by atoms with van der Waals surface area (Å²) in [4.78, 5) is 29.3. The molecule has 0 aliphatic carbocycles. The second-order valence-corrected chi connectivity index (χ2v) is 5.53. The van der Waals surface area contributed by atoms with E-state index < -0.39 is 5.91 Å². The van der Waals surface area contributed by atoms with E-state index in [1.165, 1.54) is 19.6 Å². The summed E-state index contributed by atoms with van der Waals surface area (Å²) in [5.41, 5.74) is 8.45. The van der Waals surface area contributed by atoms with Crippen LogP contribution in [0.3, 0.4) is 0 Å². The van der Waals surface area contributed by atoms with Crippen molar-refractivity contribution >= 4 is 11.7 Å². The SMILES string of the molecule is COc1ccc(C)c(CNC(=O)c2nc(C)c(-c3ncco3)nc2N)n1. The summed E-state index contributed by atoms with van der Waals surface area (Å²) >= 11 is 0. The minimum Gasteiger partial charge on any atom is -0.481 e. The van der Waals surface area contributed by atoms with Gasteiger partial charge in [-0.25, -0.2) is 19.9 Å². The highest BCUT2D eigenvalue weighted by molar-refractivity contribution is 5.96. The molecule has 0 fully saturated rings. The number of pyridine rings is 1. The third kappa shape index (κ3) is 3.46. The Morgan fingerprint density at radius 1 is 1.27 bits per heavy atom. The summed E-state index contributed by atoms with van der Waals surface area (Å²) in [5, 5.41) is 2.75. The Labute approximate surface area is 149 Å². The molecule has 134 valence electrons. The second-order valence-electron chi connectivity index (χ2n) is 5.53. The third-order valence-corrected chi connectivity index (χ3v) is 3.75. The quantitative estimate of drug-likeness (QED) is 0.708. The number of nitrogen functional groups attached to an aromatic ring is 1. The van der Waals surface area contributed by atoms with E-state index in [1.807, 2.05) is 13.0 Å². The first-order chi connectivity index (χ1) is 12.5. The molecule has 3 aromatic rings. The minimum atomic E-state index is -0.443. The van der Waals surface area contributed by atoms with Crippen LogP contribution in [0.15, 0.2) is 29.0 Å². The molecule has 26 heavy (non-hydrogen) atoms. The monoisotopic (exact) mass is 354 g/mol. The van der Waals surface area contributed by atoms with Crippen LogP contribution in [-0.2, 0) is 6.54 Å². The van der Waals surface area contributed by atoms with Gasteiger partial charge in [0, 0.05) is 6.07 Å². The van der Waals surface area contributed by atoms with Crippen LogP contribution in [0.5, 0.6) is 5.88 Å². The Kier molecular flexibility index (Phi) is 4.78. The molecule has 0 saturated heterocycles. The number of nitrogens with one attached hydrogen (secondary N) is 1. The number of nitrogens with zero attached hydrogens (tertiary/aromatic N) is 4. The molecule has 3 rings (SSSR count). The van der Waals surface area contributed by atoms with Crippen LogP contribution in [0, 0.1) is 13.8 Å². The summed E-state index contributed by atoms with van der Waals surface area (Å²) in [5.74, 6) is 0.327. The van der Waals surface area contributed by atoms with Crippen LogP contribution in [0.25, 0.3) is 11.6 Å². The first-order valence-electron chi connectivity index (χ1n) is 7.82. The van der Waals surface area contributed by atoms with E-state index in [-0.39, 0.29) is 18.1 Å². The molecule has 0 aliphatic heterocycles. The van der Waals surface area contributed by atoms with Crippen molar-refractivity contribution in [2.24, 2.45) is 0 Å². The van der Waals surface area contributed by atoms with Crippen LogP contribution >= 0.6 is 0 Å². The maximum Gasteiger partial charge on any atom is 0.274 e. The van der Waals surface area contributed by atoms with Crippen molar-refractivity contribution in [1.29, 1.82) is 0 Å². The number of hydrogen-bond donors (Lipinski definition) is 2. The van der Waals surface area contributed by atoms with E-state index in [0.717, 1.165) is 5.56 Å². The molecule has 0 unspecified atom stereocenters. The lowest BCUT2D eigenvalue weighted by atomic mass is 10.2. The zero-order chi connectivity index (χ0) is 18.7. The largest absolute Gasteiger partial charge is 0.481 e. The molecular formula is C17H18N6O3. The number of aryl methyl sites for hydroxylation is 2. The van der Waals surface area contributed by atoms with Crippen molar-refractivity contribution in [3.63, 3.8) is 0 Å². The van der Waals surface area contributed by atoms with Crippen LogP contribution in [0.2, 0.25) is 0 Å². The maximum absolute atomic E-state index is 12.5. The van der Waals surface area contributed by atoms with E-state index in [0.29, 0.717) is 28.9 Å². The topological polar surface area (TPSA) is 129 Å². The number of hydrogen-bond acceptors (Lipinski definition) is 8. The van der Waals surface area contributed by atoms with Gasteiger partial charge in [-0.2, -0.15) is 0 Å². The van der Waals surface area contributed by atoms with Crippen LogP contribution in [0.4, 0.5) is 5.82 Å². The van der Waals surface area contributed by atoms with Crippen molar-refractivity contribution in [2.45, 2.75) is 20.4 Å². The lowest BCUT2D eigenvalue weighted by Crippen LogP contribution is -2.26. The number of methoxy groups -OCH3 is 1. The summed E-state index contributed by atoms with van der Waals surface area (Å²) < 4.78 is 10.3. The molecule has 0 saturated carbocycles. The van der Waals surface area contributed by atoms with Gasteiger partial charge in [0.1, 0.15) is 12.0 Å². The Morgan fingerprint density at radius 3 is 2.77 bits per heavy atom. The average molecular weight is 354 g/mol. The fourth-order valence-corrected chi connectivity index (χ4v) is 2.33. The smallest absolute Gasteiger partial charge is 0.274 e. The molecule has 0 aromatic carbocycles. The summed E-state index contributed by atoms with van der Waals surface area (Å²) in [6.07, 6.45) is 2.92. The van der Waals surface area contributed by atoms with Gasteiger partial charge in [0.25, 0.3) is 5.91 Å². The lowest BCUT2D eigenvalue weighted by molar-refractivity contribution is 0.0945. The number of rotatable bonds is 5. The fraction of sp³-hybridized carbons (Fsp3) is 0.235. The van der Waals surface area contributed by atoms with E-state index in [9.17, 15) is 4.79 Å². The van der Waals surface area contributed by atoms with Gasteiger partial charge in [0.05, 0.1) is 31.2 Å². The molecule has 0 aliphatic rings. The van der Waals surface area contributed by atoms with Crippen LogP contribution in [-0.4, -0.2) is 33.0 Å². The highest BCUT2D eigenvalue weighted by Crippen LogP contribution is 2.21. The van der Waals surface area contributed by atoms with E-state index in [1.54, 1.807) is 13.0 Å². The number of oxazole rings is 1. The van der Waals surface area contributed by atoms with Gasteiger partial charge in [-0.3, -0.25) is 4.79 Å². The molecule has 3 aromatic heterocycles. The Bertz CT molecular complexity index is 940. The van der Waals surface area contributed by atoms with Crippen LogP contribution < -0.4 is 15.8 Å². The Morgan fingerprint density at radius 2 is 2.08 bits per heavy atom. The van der Waals surface area contributed by atoms with E-state index in [2.05, 4.69) is 25.3 Å². The van der Waals surface area contributed by atoms with Gasteiger partial charge in [0.15, 0.2) is 11.5 Å². The number of aromatic nitrogens is 4. The van der Waals surface area contributed by atoms with Gasteiger partial charge in [-0.1, -0.05) is 6.07 Å². The van der Waals surface area contributed by atoms with Gasteiger partial charge < -0.3 is 20.2 Å². The second kappa shape index (κ2) is 7.18. The molecular weight excluding hydrogens is 336 g/mol. The predicted octanol–water partition coefficient (Wildman–Crippen LogP) is 1.66. The molecule has 9 heteroatoms. The van der Waals surface area contributed by atoms with Crippen molar-refractivity contribution in [3.8, 4) is 17.5 Å². The van der Waals surface area contributed by atoms with Crippen molar-refractivity contribution in [2.75, 3.05) is 12.8 Å². The third-order valence-electron chi connectivity index (χ3n) is 3.75. The molecule has 0 spiro atoms. The first-order valence-corrected chi connectivity index (χ1v) is 7.82. The predicted molar refractivity (Wildman–Crippen MR) is 93.4 cm³/mol. The minimum absolute atomic E-state index is 0.00313. The Hall–Kier alpha value is -3.49. The highest BCUT2D eigenvalue weighted by atomic mass is 16.5. The number of nitrogens with two attached hydrogens (primary N) is 1. The molecule has 0 radical (unpaired) electrons. The van der Waals surface area contributed by atoms with Gasteiger partial charge in [-0.15, -0.1) is 0 Å². The standard InChI is InChI=1S/C17H18N6O3/c1-9-4-5-12(25-3)22-11(9)8-20-16(24)14-15(18)23-13(10(2)21-14)17-19-6-7-26-17/h4-7H,8H2,1-3H3,(H2,18,23)(H,20,24). The number of ether oxygens (including phenoxy) is 1. The van der Waals surface area contributed by atoms with Gasteiger partial charge in [0.2, 0.25) is 11.8 Å². The van der Waals surface area contributed by atoms with Crippen molar-refractivity contribution in [3.05, 3.63) is 47.2 Å². The van der Waals surface area contributed by atoms with E-state index in [4.69, 9.17) is 14.9 Å². The summed E-state index contributed by atoms with van der Waals surface area (Å²) in [7, 11) is 1.54. The summed E-state index contributed by atoms with van der Waals surface area (Å²) in [6.45, 7) is 3.82. The van der Waals surface area contributed by atoms with Crippen molar-refractivity contribution in [1.82, 2.24) is 25.3 Å². The molecule has 1 amide bonds. The Balaban J connectivity index is 1.79. The highest BCUT2D eigenvalue weighted by Gasteiger charge is 2.19. The van der Waals surface area contributed by atoms with Gasteiger partial charge in [-0.05, 0) is 19.4 Å². The lowest BCUT2D eigenvalue weighted by Gasteiger charge is -2.10. The summed E-state index contributed by atoms with van der Waals surface area (Å²) in [6, 6.07) is 3.63. The zero-order valence-corrected chi connectivity index (χ0v) is 14.6. The van der Waals surface area contributed by atoms with Gasteiger partial charge >= 0.3 is 0 Å². The number of anilines is 1. The number of carbonyl (C=O) groups is 1.